The molecule has 0 aliphatic carbocycles. The number of hydrogen-bond donors (Lipinski definition) is 0. The zero-order valence-electron chi connectivity index (χ0n) is 21.3. The number of hydrogen-bond acceptors (Lipinski definition) is 2. The van der Waals surface area contributed by atoms with Gasteiger partial charge in [0.2, 0.25) is 0 Å². The Morgan fingerprint density at radius 1 is 0.583 bits per heavy atom. The van der Waals surface area contributed by atoms with Crippen LogP contribution in [0.2, 0.25) is 0 Å². The Morgan fingerprint density at radius 2 is 1.00 bits per heavy atom. The average Bonchev–Trinajstić information content (AvgIpc) is 2.94. The van der Waals surface area contributed by atoms with Gasteiger partial charge < -0.3 is 0 Å². The molecule has 0 saturated heterocycles. The van der Waals surface area contributed by atoms with E-state index in [-0.39, 0.29) is 5.97 Å². The maximum absolute atomic E-state index is 13.8. The Labute approximate surface area is 216 Å². The molecule has 0 aromatic heterocycles. The van der Waals surface area contributed by atoms with E-state index in [0.29, 0.717) is 12.6 Å². The SMILES string of the molecule is CCCCCCCC(=O)OP(Cc1ccccc1)(c1ccccc1)(c1ccccc1)c1ccccc1. The third-order valence-corrected chi connectivity index (χ3v) is 12.8. The second-order valence-corrected chi connectivity index (χ2v) is 14.0. The molecule has 4 aromatic rings. The van der Waals surface area contributed by atoms with E-state index in [1.54, 1.807) is 0 Å². The number of carbonyl (C=O) groups excluding carboxylic acids is 1. The molecule has 4 aromatic carbocycles. The molecule has 0 N–H and O–H groups in total. The van der Waals surface area contributed by atoms with Crippen molar-refractivity contribution in [1.29, 1.82) is 0 Å². The summed E-state index contributed by atoms with van der Waals surface area (Å²) in [5, 5.41) is 3.22. The third kappa shape index (κ3) is 5.30. The van der Waals surface area contributed by atoms with Crippen LogP contribution >= 0.6 is 6.83 Å². The van der Waals surface area contributed by atoms with Gasteiger partial charge in [0, 0.05) is 0 Å². The Hall–Kier alpha value is -3.22. The van der Waals surface area contributed by atoms with Gasteiger partial charge in [0.1, 0.15) is 0 Å². The third-order valence-electron chi connectivity index (χ3n) is 7.02. The minimum absolute atomic E-state index is 0.114. The Kier molecular flexibility index (Phi) is 8.73. The normalized spacial score (nSPS) is 12.4. The monoisotopic (exact) mass is 496 g/mol. The van der Waals surface area contributed by atoms with Crippen molar-refractivity contribution in [2.45, 2.75) is 51.6 Å². The molecule has 0 saturated carbocycles. The molecular weight excluding hydrogens is 459 g/mol. The van der Waals surface area contributed by atoms with E-state index in [2.05, 4.69) is 104 Å². The van der Waals surface area contributed by atoms with Crippen LogP contribution in [0.3, 0.4) is 0 Å². The van der Waals surface area contributed by atoms with Crippen LogP contribution in [0.5, 0.6) is 0 Å². The summed E-state index contributed by atoms with van der Waals surface area (Å²) in [6, 6.07) is 41.8. The topological polar surface area (TPSA) is 26.3 Å². The summed E-state index contributed by atoms with van der Waals surface area (Å²) in [5.41, 5.74) is 1.16. The van der Waals surface area contributed by atoms with E-state index in [0.717, 1.165) is 40.7 Å². The van der Waals surface area contributed by atoms with Crippen LogP contribution in [0.1, 0.15) is 51.0 Å². The molecule has 0 aliphatic rings. The number of benzene rings is 4. The van der Waals surface area contributed by atoms with Crippen molar-refractivity contribution in [1.82, 2.24) is 0 Å². The van der Waals surface area contributed by atoms with Crippen LogP contribution in [0.25, 0.3) is 0 Å². The second kappa shape index (κ2) is 12.2. The van der Waals surface area contributed by atoms with Crippen molar-refractivity contribution in [2.75, 3.05) is 0 Å². The van der Waals surface area contributed by atoms with Crippen molar-refractivity contribution < 1.29 is 9.32 Å². The molecule has 0 unspecified atom stereocenters. The fraction of sp³-hybridized carbons (Fsp3) is 0.242. The van der Waals surface area contributed by atoms with Gasteiger partial charge in [-0.25, -0.2) is 0 Å². The van der Waals surface area contributed by atoms with E-state index in [1.807, 2.05) is 24.3 Å². The van der Waals surface area contributed by atoms with Crippen LogP contribution in [0.4, 0.5) is 0 Å². The first-order chi connectivity index (χ1) is 17.7. The summed E-state index contributed by atoms with van der Waals surface area (Å²) < 4.78 is 7.09. The Bertz CT molecular complexity index is 1110. The minimum atomic E-state index is -3.73. The number of rotatable bonds is 12. The molecule has 3 heteroatoms. The summed E-state index contributed by atoms with van der Waals surface area (Å²) in [6.07, 6.45) is 6.52. The molecule has 186 valence electrons. The summed E-state index contributed by atoms with van der Waals surface area (Å²) >= 11 is 0. The van der Waals surface area contributed by atoms with Crippen molar-refractivity contribution >= 4 is 28.7 Å². The Morgan fingerprint density at radius 3 is 1.44 bits per heavy atom. The number of unbranched alkanes of at least 4 members (excludes halogenated alkanes) is 4. The number of carbonyl (C=O) groups is 1. The molecule has 0 amide bonds. The van der Waals surface area contributed by atoms with E-state index in [4.69, 9.17) is 4.52 Å². The van der Waals surface area contributed by atoms with Gasteiger partial charge in [-0.1, -0.05) is 0 Å². The van der Waals surface area contributed by atoms with E-state index >= 15 is 0 Å². The van der Waals surface area contributed by atoms with Crippen LogP contribution in [0.15, 0.2) is 121 Å². The van der Waals surface area contributed by atoms with Gasteiger partial charge in [0.15, 0.2) is 0 Å². The average molecular weight is 497 g/mol. The first-order valence-corrected chi connectivity index (χ1v) is 15.5. The van der Waals surface area contributed by atoms with Gasteiger partial charge >= 0.3 is 217 Å². The second-order valence-electron chi connectivity index (χ2n) is 9.49. The van der Waals surface area contributed by atoms with Crippen molar-refractivity contribution in [3.8, 4) is 0 Å². The summed E-state index contributed by atoms with van der Waals surface area (Å²) in [6.45, 7) is -1.52. The first kappa shape index (κ1) is 25.9. The molecule has 0 aliphatic heterocycles. The van der Waals surface area contributed by atoms with E-state index in [1.165, 1.54) is 12.8 Å². The quantitative estimate of drug-likeness (QED) is 0.150. The molecule has 0 heterocycles. The van der Waals surface area contributed by atoms with Crippen LogP contribution in [-0.4, -0.2) is 5.97 Å². The van der Waals surface area contributed by atoms with Gasteiger partial charge in [-0.3, -0.25) is 0 Å². The molecule has 36 heavy (non-hydrogen) atoms. The van der Waals surface area contributed by atoms with Gasteiger partial charge in [-0.15, -0.1) is 0 Å². The molecule has 0 radical (unpaired) electrons. The molecule has 0 atom stereocenters. The zero-order valence-corrected chi connectivity index (χ0v) is 22.2. The fourth-order valence-electron chi connectivity index (χ4n) is 5.22. The molecule has 0 bridgehead atoms. The standard InChI is InChI=1S/C33H37O2P/c1-2-3-4-5-18-27-33(34)35-36(30-21-12-7-13-22-30,31-23-14-8-15-24-31,32-25-16-9-17-26-32)28-29-19-10-6-11-20-29/h6-17,19-26H,2-5,18,27-28H2,1H3. The Balaban J connectivity index is 1.95. The van der Waals surface area contributed by atoms with Crippen LogP contribution in [-0.2, 0) is 15.5 Å². The summed E-state index contributed by atoms with van der Waals surface area (Å²) in [7, 11) is 0. The first-order valence-electron chi connectivity index (χ1n) is 13.1. The molecule has 4 rings (SSSR count). The van der Waals surface area contributed by atoms with Gasteiger partial charge in [0.25, 0.3) is 0 Å². The predicted octanol–water partition coefficient (Wildman–Crippen LogP) is 7.54. The molecule has 2 nitrogen and oxygen atoms in total. The van der Waals surface area contributed by atoms with E-state index < -0.39 is 6.83 Å². The summed E-state index contributed by atoms with van der Waals surface area (Å²) in [4.78, 5) is 13.8. The maximum atomic E-state index is 13.8. The molecule has 0 fully saturated rings. The molecular formula is C33H37O2P. The van der Waals surface area contributed by atoms with Crippen molar-refractivity contribution in [2.24, 2.45) is 0 Å². The molecule has 0 spiro atoms. The van der Waals surface area contributed by atoms with Crippen LogP contribution < -0.4 is 15.9 Å². The van der Waals surface area contributed by atoms with E-state index in [9.17, 15) is 4.79 Å². The van der Waals surface area contributed by atoms with Gasteiger partial charge in [0.05, 0.1) is 0 Å². The van der Waals surface area contributed by atoms with Crippen molar-refractivity contribution in [3.63, 3.8) is 0 Å². The van der Waals surface area contributed by atoms with Crippen LogP contribution in [0, 0.1) is 0 Å². The predicted molar refractivity (Wildman–Crippen MR) is 155 cm³/mol. The fourth-order valence-corrected chi connectivity index (χ4v) is 10.9. The van der Waals surface area contributed by atoms with Crippen molar-refractivity contribution in [3.05, 3.63) is 127 Å². The zero-order chi connectivity index (χ0) is 25.1. The summed E-state index contributed by atoms with van der Waals surface area (Å²) in [5.74, 6) is -0.114. The van der Waals surface area contributed by atoms with Gasteiger partial charge in [-0.05, 0) is 0 Å². The van der Waals surface area contributed by atoms with Gasteiger partial charge in [-0.2, -0.15) is 0 Å².